The first-order chi connectivity index (χ1) is 6.29. The predicted octanol–water partition coefficient (Wildman–Crippen LogP) is 4.72. The second kappa shape index (κ2) is 3.70. The lowest BCUT2D eigenvalue weighted by atomic mass is 10.1. The highest BCUT2D eigenvalue weighted by Crippen LogP contribution is 2.36. The van der Waals surface area contributed by atoms with Crippen LogP contribution in [0, 0.1) is 0 Å². The Morgan fingerprint density at radius 2 is 1.69 bits per heavy atom. The van der Waals surface area contributed by atoms with Gasteiger partial charge in [-0.15, -0.1) is 11.3 Å². The van der Waals surface area contributed by atoms with E-state index in [0.717, 1.165) is 20.5 Å². The van der Waals surface area contributed by atoms with Crippen molar-refractivity contribution in [2.75, 3.05) is 0 Å². The fourth-order valence-corrected chi connectivity index (χ4v) is 2.35. The minimum atomic E-state index is 0.739. The van der Waals surface area contributed by atoms with Crippen molar-refractivity contribution in [2.24, 2.45) is 0 Å². The molecule has 0 saturated carbocycles. The molecule has 3 heteroatoms. The highest BCUT2D eigenvalue weighted by molar-refractivity contribution is 7.15. The summed E-state index contributed by atoms with van der Waals surface area (Å²) in [5, 5.41) is 2.70. The molecule has 1 aromatic heterocycles. The number of hydrogen-bond donors (Lipinski definition) is 0. The van der Waals surface area contributed by atoms with Crippen molar-refractivity contribution in [1.29, 1.82) is 0 Å². The van der Waals surface area contributed by atoms with Gasteiger partial charge in [0.15, 0.2) is 0 Å². The van der Waals surface area contributed by atoms with Gasteiger partial charge >= 0.3 is 0 Å². The van der Waals surface area contributed by atoms with Crippen molar-refractivity contribution in [3.8, 4) is 11.1 Å². The minimum absolute atomic E-state index is 0.739. The summed E-state index contributed by atoms with van der Waals surface area (Å²) in [6.45, 7) is 0. The van der Waals surface area contributed by atoms with Crippen LogP contribution in [0.15, 0.2) is 35.7 Å². The molecule has 0 bridgehead atoms. The molecule has 0 fully saturated rings. The van der Waals surface area contributed by atoms with Crippen LogP contribution in [-0.4, -0.2) is 0 Å². The molecule has 0 saturated heterocycles. The number of hydrogen-bond acceptors (Lipinski definition) is 1. The van der Waals surface area contributed by atoms with E-state index in [1.807, 2.05) is 35.7 Å². The lowest BCUT2D eigenvalue weighted by Crippen LogP contribution is -1.75. The molecule has 0 atom stereocenters. The van der Waals surface area contributed by atoms with Crippen LogP contribution in [0.4, 0.5) is 0 Å². The van der Waals surface area contributed by atoms with Crippen molar-refractivity contribution in [2.45, 2.75) is 0 Å². The largest absolute Gasteiger partial charge is 0.131 e. The first-order valence-corrected chi connectivity index (χ1v) is 5.40. The maximum Gasteiger partial charge on any atom is 0.101 e. The fourth-order valence-electron chi connectivity index (χ4n) is 1.17. The van der Waals surface area contributed by atoms with E-state index >= 15 is 0 Å². The van der Waals surface area contributed by atoms with Gasteiger partial charge in [-0.1, -0.05) is 41.4 Å². The zero-order chi connectivity index (χ0) is 9.26. The first kappa shape index (κ1) is 9.07. The molecule has 0 aliphatic heterocycles. The Hall–Kier alpha value is -0.500. The Bertz CT molecular complexity index is 420. The highest BCUT2D eigenvalue weighted by Gasteiger charge is 2.06. The topological polar surface area (TPSA) is 0 Å². The van der Waals surface area contributed by atoms with Crippen LogP contribution >= 0.6 is 34.5 Å². The van der Waals surface area contributed by atoms with Crippen LogP contribution < -0.4 is 0 Å². The molecule has 0 amide bonds. The lowest BCUT2D eigenvalue weighted by Gasteiger charge is -2.00. The number of benzene rings is 1. The third-order valence-corrected chi connectivity index (χ3v) is 3.28. The number of rotatable bonds is 1. The standard InChI is InChI=1S/C10H6Cl2S/c11-9-4-2-1-3-7(9)8-5-6-13-10(8)12/h1-6H. The minimum Gasteiger partial charge on any atom is -0.131 e. The molecule has 0 radical (unpaired) electrons. The zero-order valence-corrected chi connectivity index (χ0v) is 8.96. The first-order valence-electron chi connectivity index (χ1n) is 3.77. The maximum atomic E-state index is 6.03. The van der Waals surface area contributed by atoms with Gasteiger partial charge in [0.25, 0.3) is 0 Å². The zero-order valence-electron chi connectivity index (χ0n) is 6.63. The summed E-state index contributed by atoms with van der Waals surface area (Å²) >= 11 is 13.6. The molecule has 0 aliphatic carbocycles. The van der Waals surface area contributed by atoms with Crippen molar-refractivity contribution >= 4 is 34.5 Å². The van der Waals surface area contributed by atoms with Gasteiger partial charge in [-0.3, -0.25) is 0 Å². The highest BCUT2D eigenvalue weighted by atomic mass is 35.5. The summed E-state index contributed by atoms with van der Waals surface area (Å²) in [5.74, 6) is 0. The number of thiophene rings is 1. The molecule has 0 N–H and O–H groups in total. The Morgan fingerprint density at radius 3 is 2.31 bits per heavy atom. The normalized spacial score (nSPS) is 10.3. The van der Waals surface area contributed by atoms with Crippen LogP contribution in [0.2, 0.25) is 9.36 Å². The van der Waals surface area contributed by atoms with Crippen molar-refractivity contribution in [3.05, 3.63) is 45.1 Å². The SMILES string of the molecule is Clc1ccccc1-c1ccsc1Cl. The van der Waals surface area contributed by atoms with E-state index in [1.165, 1.54) is 11.3 Å². The van der Waals surface area contributed by atoms with Gasteiger partial charge in [0.05, 0.1) is 0 Å². The lowest BCUT2D eigenvalue weighted by molar-refractivity contribution is 1.67. The van der Waals surface area contributed by atoms with E-state index in [9.17, 15) is 0 Å². The second-order valence-corrected chi connectivity index (χ2v) is 4.51. The summed E-state index contributed by atoms with van der Waals surface area (Å²) in [6, 6.07) is 9.68. The van der Waals surface area contributed by atoms with Gasteiger partial charge in [-0.05, 0) is 17.5 Å². The Balaban J connectivity index is 2.59. The summed E-state index contributed by atoms with van der Waals surface area (Å²) in [6.07, 6.45) is 0. The Kier molecular flexibility index (Phi) is 2.58. The van der Waals surface area contributed by atoms with Gasteiger partial charge < -0.3 is 0 Å². The van der Waals surface area contributed by atoms with Gasteiger partial charge in [-0.2, -0.15) is 0 Å². The van der Waals surface area contributed by atoms with E-state index < -0.39 is 0 Å². The Labute approximate surface area is 90.7 Å². The molecule has 66 valence electrons. The smallest absolute Gasteiger partial charge is 0.101 e. The van der Waals surface area contributed by atoms with Gasteiger partial charge in [0.1, 0.15) is 4.34 Å². The quantitative estimate of drug-likeness (QED) is 0.663. The second-order valence-electron chi connectivity index (χ2n) is 2.59. The molecule has 1 heterocycles. The molecule has 1 aromatic carbocycles. The number of halogens is 2. The van der Waals surface area contributed by atoms with Crippen LogP contribution in [-0.2, 0) is 0 Å². The monoisotopic (exact) mass is 228 g/mol. The summed E-state index contributed by atoms with van der Waals surface area (Å²) in [5.41, 5.74) is 2.01. The molecular formula is C10H6Cl2S. The third-order valence-electron chi connectivity index (χ3n) is 1.78. The van der Waals surface area contributed by atoms with Gasteiger partial charge in [0, 0.05) is 16.1 Å². The van der Waals surface area contributed by atoms with Crippen molar-refractivity contribution < 1.29 is 0 Å². The van der Waals surface area contributed by atoms with Crippen molar-refractivity contribution in [1.82, 2.24) is 0 Å². The molecule has 0 nitrogen and oxygen atoms in total. The average molecular weight is 229 g/mol. The van der Waals surface area contributed by atoms with Crippen molar-refractivity contribution in [3.63, 3.8) is 0 Å². The summed E-state index contributed by atoms with van der Waals surface area (Å²) in [7, 11) is 0. The van der Waals surface area contributed by atoms with Gasteiger partial charge in [0.2, 0.25) is 0 Å². The molecule has 13 heavy (non-hydrogen) atoms. The van der Waals surface area contributed by atoms with Crippen LogP contribution in [0.3, 0.4) is 0 Å². The van der Waals surface area contributed by atoms with Crippen LogP contribution in [0.25, 0.3) is 11.1 Å². The van der Waals surface area contributed by atoms with Gasteiger partial charge in [-0.25, -0.2) is 0 Å². The molecule has 0 unspecified atom stereocenters. The fraction of sp³-hybridized carbons (Fsp3) is 0. The molecule has 0 aliphatic rings. The third kappa shape index (κ3) is 1.73. The van der Waals surface area contributed by atoms with E-state index in [4.69, 9.17) is 23.2 Å². The predicted molar refractivity (Wildman–Crippen MR) is 59.8 cm³/mol. The van der Waals surface area contributed by atoms with E-state index in [1.54, 1.807) is 0 Å². The maximum absolute atomic E-state index is 6.03. The molecule has 0 spiro atoms. The average Bonchev–Trinajstić information content (AvgIpc) is 2.52. The Morgan fingerprint density at radius 1 is 0.923 bits per heavy atom. The van der Waals surface area contributed by atoms with E-state index in [2.05, 4.69) is 0 Å². The molecule has 2 aromatic rings. The van der Waals surface area contributed by atoms with E-state index in [0.29, 0.717) is 0 Å². The van der Waals surface area contributed by atoms with Crippen LogP contribution in [0.1, 0.15) is 0 Å². The summed E-state index contributed by atoms with van der Waals surface area (Å²) < 4.78 is 0.785. The summed E-state index contributed by atoms with van der Waals surface area (Å²) in [4.78, 5) is 0. The molecular weight excluding hydrogens is 223 g/mol. The molecule has 2 rings (SSSR count). The van der Waals surface area contributed by atoms with E-state index in [-0.39, 0.29) is 0 Å². The van der Waals surface area contributed by atoms with Crippen LogP contribution in [0.5, 0.6) is 0 Å².